The fourth-order valence-electron chi connectivity index (χ4n) is 1.02. The molecule has 1 unspecified atom stereocenters. The minimum atomic E-state index is 0.478. The summed E-state index contributed by atoms with van der Waals surface area (Å²) in [4.78, 5) is 4.41. The summed E-state index contributed by atoms with van der Waals surface area (Å²) in [5.41, 5.74) is 1.64. The van der Waals surface area contributed by atoms with E-state index in [9.17, 15) is 0 Å². The highest BCUT2D eigenvalue weighted by Crippen LogP contribution is 2.28. The van der Waals surface area contributed by atoms with Gasteiger partial charge in [-0.2, -0.15) is 5.26 Å². The average Bonchev–Trinajstić information content (AvgIpc) is 2.18. The summed E-state index contributed by atoms with van der Waals surface area (Å²) < 4.78 is 0. The smallest absolute Gasteiger partial charge is 0.114 e. The number of pyridine rings is 1. The largest absolute Gasteiger partial charge is 0.245 e. The molecule has 2 nitrogen and oxygen atoms in total. The molecule has 0 bridgehead atoms. The third-order valence-electron chi connectivity index (χ3n) is 2.36. The van der Waals surface area contributed by atoms with Gasteiger partial charge in [0.05, 0.1) is 5.56 Å². The van der Waals surface area contributed by atoms with Crippen LogP contribution >= 0.6 is 11.8 Å². The maximum absolute atomic E-state index is 8.96. The van der Waals surface area contributed by atoms with E-state index in [-0.39, 0.29) is 0 Å². The third-order valence-corrected chi connectivity index (χ3v) is 3.81. The van der Waals surface area contributed by atoms with Crippen molar-refractivity contribution in [1.29, 1.82) is 5.26 Å². The first kappa shape index (κ1) is 12.1. The number of aromatic nitrogens is 1. The van der Waals surface area contributed by atoms with Gasteiger partial charge in [-0.05, 0) is 25.0 Å². The maximum Gasteiger partial charge on any atom is 0.114 e. The van der Waals surface area contributed by atoms with Crippen molar-refractivity contribution in [3.8, 4) is 6.07 Å². The van der Waals surface area contributed by atoms with Gasteiger partial charge < -0.3 is 0 Å². The first-order valence-electron chi connectivity index (χ1n) is 5.09. The summed E-state index contributed by atoms with van der Waals surface area (Å²) in [7, 11) is 0. The van der Waals surface area contributed by atoms with Crippen molar-refractivity contribution >= 4 is 11.8 Å². The van der Waals surface area contributed by atoms with Crippen LogP contribution in [0, 0.1) is 24.2 Å². The lowest BCUT2D eigenvalue weighted by molar-refractivity contribution is 0.641. The predicted octanol–water partition coefficient (Wildman–Crippen LogP) is 3.40. The monoisotopic (exact) mass is 220 g/mol. The predicted molar refractivity (Wildman–Crippen MR) is 63.8 cm³/mol. The Hall–Kier alpha value is -1.01. The topological polar surface area (TPSA) is 36.7 Å². The van der Waals surface area contributed by atoms with Crippen LogP contribution < -0.4 is 0 Å². The SMILES string of the molecule is Cc1ccc(C#N)c(SC(C)C(C)C)n1. The number of nitriles is 1. The summed E-state index contributed by atoms with van der Waals surface area (Å²) in [6.07, 6.45) is 0. The zero-order valence-corrected chi connectivity index (χ0v) is 10.4. The molecule has 80 valence electrons. The molecule has 0 spiro atoms. The number of aryl methyl sites for hydroxylation is 1. The zero-order valence-electron chi connectivity index (χ0n) is 9.61. The van der Waals surface area contributed by atoms with Crippen molar-refractivity contribution in [1.82, 2.24) is 4.98 Å². The Morgan fingerprint density at radius 3 is 2.53 bits per heavy atom. The molecule has 0 amide bonds. The van der Waals surface area contributed by atoms with Crippen LogP contribution in [0.2, 0.25) is 0 Å². The van der Waals surface area contributed by atoms with E-state index in [2.05, 4.69) is 31.8 Å². The third kappa shape index (κ3) is 3.24. The first-order valence-corrected chi connectivity index (χ1v) is 5.97. The van der Waals surface area contributed by atoms with Gasteiger partial charge in [0, 0.05) is 10.9 Å². The Morgan fingerprint density at radius 1 is 1.33 bits per heavy atom. The molecule has 1 heterocycles. The van der Waals surface area contributed by atoms with Gasteiger partial charge in [-0.15, -0.1) is 11.8 Å². The number of hydrogen-bond acceptors (Lipinski definition) is 3. The minimum absolute atomic E-state index is 0.478. The van der Waals surface area contributed by atoms with Gasteiger partial charge in [0.15, 0.2) is 0 Å². The van der Waals surface area contributed by atoms with Crippen LogP contribution in [-0.2, 0) is 0 Å². The van der Waals surface area contributed by atoms with Gasteiger partial charge in [-0.1, -0.05) is 20.8 Å². The molecule has 3 heteroatoms. The molecule has 0 N–H and O–H groups in total. The van der Waals surface area contributed by atoms with Crippen molar-refractivity contribution in [3.05, 3.63) is 23.4 Å². The molecular formula is C12H16N2S. The lowest BCUT2D eigenvalue weighted by Gasteiger charge is -2.15. The molecule has 1 atom stereocenters. The molecule has 0 radical (unpaired) electrons. The number of hydrogen-bond donors (Lipinski definition) is 0. The first-order chi connectivity index (χ1) is 7.04. The molecule has 15 heavy (non-hydrogen) atoms. The van der Waals surface area contributed by atoms with E-state index in [4.69, 9.17) is 5.26 Å². The normalized spacial score (nSPS) is 12.5. The van der Waals surface area contributed by atoms with Crippen LogP contribution in [0.3, 0.4) is 0 Å². The Bertz CT molecular complexity index is 380. The second-order valence-corrected chi connectivity index (χ2v) is 5.35. The van der Waals surface area contributed by atoms with Crippen LogP contribution in [0.15, 0.2) is 17.2 Å². The van der Waals surface area contributed by atoms with Crippen LogP contribution in [0.4, 0.5) is 0 Å². The Morgan fingerprint density at radius 2 is 2.00 bits per heavy atom. The molecule has 0 aromatic carbocycles. The lowest BCUT2D eigenvalue weighted by Crippen LogP contribution is -2.06. The highest BCUT2D eigenvalue weighted by Gasteiger charge is 2.12. The number of nitrogens with zero attached hydrogens (tertiary/aromatic N) is 2. The van der Waals surface area contributed by atoms with E-state index in [1.807, 2.05) is 19.1 Å². The van der Waals surface area contributed by atoms with Crippen molar-refractivity contribution in [2.75, 3.05) is 0 Å². The second kappa shape index (κ2) is 5.18. The molecule has 0 aliphatic rings. The molecule has 1 aromatic rings. The highest BCUT2D eigenvalue weighted by molar-refractivity contribution is 7.99. The number of thioether (sulfide) groups is 1. The molecule has 1 aromatic heterocycles. The van der Waals surface area contributed by atoms with Crippen molar-refractivity contribution in [3.63, 3.8) is 0 Å². The molecule has 0 saturated heterocycles. The second-order valence-electron chi connectivity index (χ2n) is 3.98. The van der Waals surface area contributed by atoms with Gasteiger partial charge in [0.2, 0.25) is 0 Å². The van der Waals surface area contributed by atoms with E-state index in [1.54, 1.807) is 11.8 Å². The van der Waals surface area contributed by atoms with E-state index in [0.717, 1.165) is 10.7 Å². The van der Waals surface area contributed by atoms with E-state index in [0.29, 0.717) is 16.7 Å². The Labute approximate surface area is 95.7 Å². The Kier molecular flexibility index (Phi) is 4.16. The van der Waals surface area contributed by atoms with Crippen LogP contribution in [0.25, 0.3) is 0 Å². The standard InChI is InChI=1S/C12H16N2S/c1-8(2)10(4)15-12-11(7-13)6-5-9(3)14-12/h5-6,8,10H,1-4H3. The quantitative estimate of drug-likeness (QED) is 0.732. The van der Waals surface area contributed by atoms with Crippen LogP contribution in [-0.4, -0.2) is 10.2 Å². The molecule has 0 fully saturated rings. The highest BCUT2D eigenvalue weighted by atomic mass is 32.2. The fourth-order valence-corrected chi connectivity index (χ4v) is 2.08. The summed E-state index contributed by atoms with van der Waals surface area (Å²) >= 11 is 1.68. The van der Waals surface area contributed by atoms with Crippen molar-refractivity contribution < 1.29 is 0 Å². The van der Waals surface area contributed by atoms with E-state index < -0.39 is 0 Å². The van der Waals surface area contributed by atoms with Crippen LogP contribution in [0.1, 0.15) is 32.0 Å². The molecule has 0 aliphatic carbocycles. The summed E-state index contributed by atoms with van der Waals surface area (Å²) in [5, 5.41) is 10.3. The average molecular weight is 220 g/mol. The molecule has 0 saturated carbocycles. The van der Waals surface area contributed by atoms with Gasteiger partial charge in [0.1, 0.15) is 11.1 Å². The van der Waals surface area contributed by atoms with Gasteiger partial charge in [-0.3, -0.25) is 0 Å². The van der Waals surface area contributed by atoms with E-state index in [1.165, 1.54) is 0 Å². The minimum Gasteiger partial charge on any atom is -0.245 e. The summed E-state index contributed by atoms with van der Waals surface area (Å²) in [6, 6.07) is 5.91. The Balaban J connectivity index is 2.93. The number of rotatable bonds is 3. The van der Waals surface area contributed by atoms with Gasteiger partial charge in [-0.25, -0.2) is 4.98 Å². The molecule has 1 rings (SSSR count). The van der Waals surface area contributed by atoms with Crippen molar-refractivity contribution in [2.24, 2.45) is 5.92 Å². The molecule has 0 aliphatic heterocycles. The summed E-state index contributed by atoms with van der Waals surface area (Å²) in [5.74, 6) is 0.587. The lowest BCUT2D eigenvalue weighted by atomic mass is 10.2. The van der Waals surface area contributed by atoms with E-state index >= 15 is 0 Å². The maximum atomic E-state index is 8.96. The molecular weight excluding hydrogens is 204 g/mol. The zero-order chi connectivity index (χ0) is 11.4. The van der Waals surface area contributed by atoms with Crippen LogP contribution in [0.5, 0.6) is 0 Å². The van der Waals surface area contributed by atoms with Crippen molar-refractivity contribution in [2.45, 2.75) is 38.0 Å². The van der Waals surface area contributed by atoms with Gasteiger partial charge >= 0.3 is 0 Å². The van der Waals surface area contributed by atoms with Gasteiger partial charge in [0.25, 0.3) is 0 Å². The summed E-state index contributed by atoms with van der Waals surface area (Å²) in [6.45, 7) is 8.48. The fraction of sp³-hybridized carbons (Fsp3) is 0.500.